The number of benzene rings is 1. The predicted octanol–water partition coefficient (Wildman–Crippen LogP) is 2.80. The lowest BCUT2D eigenvalue weighted by Gasteiger charge is -2.16. The van der Waals surface area contributed by atoms with E-state index in [9.17, 15) is 4.79 Å². The second-order valence-corrected chi connectivity index (χ2v) is 6.73. The quantitative estimate of drug-likeness (QED) is 0.735. The van der Waals surface area contributed by atoms with Crippen LogP contribution in [0.3, 0.4) is 0 Å². The van der Waals surface area contributed by atoms with E-state index in [2.05, 4.69) is 31.1 Å². The fraction of sp³-hybridized carbons (Fsp3) is 0.263. The molecule has 1 unspecified atom stereocenters. The standard InChI is InChI=1S/C19H22N3O2P/c1-10-6-7-22-12(3)17(21-15(22)8-10)16-14(25)9-13(19(23)20-4)11(2)18(16)24-5/h6-9H,25H2,1-5H3,(H,20,23). The molecule has 1 atom stereocenters. The maximum Gasteiger partial charge on any atom is 0.251 e. The maximum absolute atomic E-state index is 12.2. The van der Waals surface area contributed by atoms with Crippen LogP contribution in [-0.4, -0.2) is 29.4 Å². The van der Waals surface area contributed by atoms with E-state index in [0.717, 1.165) is 39.0 Å². The molecule has 3 aromatic rings. The summed E-state index contributed by atoms with van der Waals surface area (Å²) in [4.78, 5) is 17.0. The monoisotopic (exact) mass is 355 g/mol. The number of pyridine rings is 1. The molecule has 0 saturated carbocycles. The first kappa shape index (κ1) is 17.4. The molecular weight excluding hydrogens is 333 g/mol. The van der Waals surface area contributed by atoms with E-state index < -0.39 is 0 Å². The molecule has 130 valence electrons. The first-order valence-electron chi connectivity index (χ1n) is 8.03. The molecule has 0 spiro atoms. The number of aryl methyl sites for hydroxylation is 2. The molecule has 0 aliphatic carbocycles. The second kappa shape index (κ2) is 6.49. The molecule has 25 heavy (non-hydrogen) atoms. The van der Waals surface area contributed by atoms with Crippen LogP contribution in [0.1, 0.15) is 27.2 Å². The number of carbonyl (C=O) groups excluding carboxylic acids is 1. The van der Waals surface area contributed by atoms with Gasteiger partial charge in [-0.25, -0.2) is 4.98 Å². The average Bonchev–Trinajstić information content (AvgIpc) is 2.91. The van der Waals surface area contributed by atoms with Gasteiger partial charge in [-0.1, -0.05) is 0 Å². The Labute approximate surface area is 149 Å². The van der Waals surface area contributed by atoms with Gasteiger partial charge in [0.15, 0.2) is 0 Å². The zero-order valence-electron chi connectivity index (χ0n) is 15.1. The predicted molar refractivity (Wildman–Crippen MR) is 104 cm³/mol. The number of nitrogens with one attached hydrogen (secondary N) is 1. The third-order valence-corrected chi connectivity index (χ3v) is 4.95. The molecule has 2 heterocycles. The van der Waals surface area contributed by atoms with Gasteiger partial charge in [0.05, 0.1) is 18.4 Å². The lowest BCUT2D eigenvalue weighted by Crippen LogP contribution is -2.21. The van der Waals surface area contributed by atoms with Crippen molar-refractivity contribution in [2.45, 2.75) is 20.8 Å². The van der Waals surface area contributed by atoms with Gasteiger partial charge in [-0.15, -0.1) is 9.24 Å². The van der Waals surface area contributed by atoms with Crippen LogP contribution in [0.15, 0.2) is 24.4 Å². The summed E-state index contributed by atoms with van der Waals surface area (Å²) in [5.74, 6) is 0.544. The van der Waals surface area contributed by atoms with Gasteiger partial charge in [0.25, 0.3) is 5.91 Å². The molecule has 1 amide bonds. The number of hydrogen-bond donors (Lipinski definition) is 1. The number of carbonyl (C=O) groups is 1. The molecule has 6 heteroatoms. The van der Waals surface area contributed by atoms with Crippen molar-refractivity contribution in [3.63, 3.8) is 0 Å². The van der Waals surface area contributed by atoms with Gasteiger partial charge in [-0.2, -0.15) is 0 Å². The molecular formula is C19H22N3O2P. The van der Waals surface area contributed by atoms with Crippen molar-refractivity contribution in [1.82, 2.24) is 14.7 Å². The Morgan fingerprint density at radius 3 is 2.64 bits per heavy atom. The summed E-state index contributed by atoms with van der Waals surface area (Å²) < 4.78 is 7.74. The van der Waals surface area contributed by atoms with Gasteiger partial charge >= 0.3 is 0 Å². The van der Waals surface area contributed by atoms with E-state index in [1.54, 1.807) is 14.2 Å². The van der Waals surface area contributed by atoms with E-state index in [-0.39, 0.29) is 5.91 Å². The summed E-state index contributed by atoms with van der Waals surface area (Å²) in [5, 5.41) is 3.55. The van der Waals surface area contributed by atoms with Crippen molar-refractivity contribution >= 4 is 26.1 Å². The minimum absolute atomic E-state index is 0.131. The van der Waals surface area contributed by atoms with E-state index in [1.807, 2.05) is 33.0 Å². The lowest BCUT2D eigenvalue weighted by molar-refractivity contribution is 0.0962. The summed E-state index contributed by atoms with van der Waals surface area (Å²) in [6.45, 7) is 5.98. The van der Waals surface area contributed by atoms with Crippen molar-refractivity contribution in [2.24, 2.45) is 0 Å². The SMILES string of the molecule is CNC(=O)c1cc(P)c(-c2nc3cc(C)ccn3c2C)c(OC)c1C. The van der Waals surface area contributed by atoms with Gasteiger partial charge in [-0.05, 0) is 49.8 Å². The van der Waals surface area contributed by atoms with Gasteiger partial charge in [0, 0.05) is 30.1 Å². The highest BCUT2D eigenvalue weighted by molar-refractivity contribution is 7.28. The number of nitrogens with zero attached hydrogens (tertiary/aromatic N) is 2. The Morgan fingerprint density at radius 2 is 2.00 bits per heavy atom. The fourth-order valence-corrected chi connectivity index (χ4v) is 3.59. The van der Waals surface area contributed by atoms with Crippen molar-refractivity contribution in [3.8, 4) is 17.0 Å². The minimum atomic E-state index is -0.131. The number of aromatic nitrogens is 2. The minimum Gasteiger partial charge on any atom is -0.496 e. The zero-order chi connectivity index (χ0) is 18.3. The van der Waals surface area contributed by atoms with Gasteiger partial charge in [-0.3, -0.25) is 4.79 Å². The second-order valence-electron chi connectivity index (χ2n) is 6.10. The van der Waals surface area contributed by atoms with Crippen LogP contribution in [0.5, 0.6) is 5.75 Å². The lowest BCUT2D eigenvalue weighted by atomic mass is 9.99. The Kier molecular flexibility index (Phi) is 4.53. The first-order chi connectivity index (χ1) is 11.9. The number of amides is 1. The third-order valence-electron chi connectivity index (χ3n) is 4.49. The average molecular weight is 355 g/mol. The third kappa shape index (κ3) is 2.79. The van der Waals surface area contributed by atoms with Gasteiger partial charge in [0.2, 0.25) is 0 Å². The highest BCUT2D eigenvalue weighted by atomic mass is 31.0. The van der Waals surface area contributed by atoms with Crippen LogP contribution in [0.25, 0.3) is 16.9 Å². The molecule has 0 bridgehead atoms. The molecule has 0 saturated heterocycles. The molecule has 2 aromatic heterocycles. The van der Waals surface area contributed by atoms with Crippen LogP contribution >= 0.6 is 9.24 Å². The molecule has 0 fully saturated rings. The topological polar surface area (TPSA) is 55.6 Å². The summed E-state index contributed by atoms with van der Waals surface area (Å²) >= 11 is 0. The highest BCUT2D eigenvalue weighted by Gasteiger charge is 2.22. The summed E-state index contributed by atoms with van der Waals surface area (Å²) in [6.07, 6.45) is 2.03. The Bertz CT molecular complexity index is 992. The summed E-state index contributed by atoms with van der Waals surface area (Å²) in [5.41, 5.74) is 6.25. The Hall–Kier alpha value is -2.39. The normalized spacial score (nSPS) is 11.0. The van der Waals surface area contributed by atoms with Gasteiger partial charge in [0.1, 0.15) is 11.4 Å². The van der Waals surface area contributed by atoms with Crippen LogP contribution in [0, 0.1) is 20.8 Å². The largest absolute Gasteiger partial charge is 0.496 e. The fourth-order valence-electron chi connectivity index (χ4n) is 3.15. The van der Waals surface area contributed by atoms with Crippen LogP contribution in [0.2, 0.25) is 0 Å². The number of rotatable bonds is 3. The molecule has 3 rings (SSSR count). The number of ether oxygens (including phenoxy) is 1. The van der Waals surface area contributed by atoms with E-state index in [0.29, 0.717) is 11.3 Å². The van der Waals surface area contributed by atoms with Crippen LogP contribution < -0.4 is 15.4 Å². The molecule has 5 nitrogen and oxygen atoms in total. The number of methoxy groups -OCH3 is 1. The number of hydrogen-bond acceptors (Lipinski definition) is 3. The van der Waals surface area contributed by atoms with Crippen molar-refractivity contribution in [1.29, 1.82) is 0 Å². The number of fused-ring (bicyclic) bond motifs is 1. The molecule has 1 N–H and O–H groups in total. The Morgan fingerprint density at radius 1 is 1.28 bits per heavy atom. The molecule has 0 aliphatic rings. The van der Waals surface area contributed by atoms with Crippen LogP contribution in [-0.2, 0) is 0 Å². The number of imidazole rings is 1. The van der Waals surface area contributed by atoms with E-state index in [4.69, 9.17) is 9.72 Å². The Balaban J connectivity index is 2.33. The highest BCUT2D eigenvalue weighted by Crippen LogP contribution is 2.36. The molecule has 0 aliphatic heterocycles. The zero-order valence-corrected chi connectivity index (χ0v) is 16.3. The molecule has 0 radical (unpaired) electrons. The van der Waals surface area contributed by atoms with Crippen molar-refractivity contribution in [3.05, 3.63) is 46.8 Å². The van der Waals surface area contributed by atoms with Crippen molar-refractivity contribution < 1.29 is 9.53 Å². The van der Waals surface area contributed by atoms with Crippen LogP contribution in [0.4, 0.5) is 0 Å². The van der Waals surface area contributed by atoms with E-state index in [1.165, 1.54) is 0 Å². The smallest absolute Gasteiger partial charge is 0.251 e. The van der Waals surface area contributed by atoms with E-state index >= 15 is 0 Å². The maximum atomic E-state index is 12.2. The molecule has 1 aromatic carbocycles. The summed E-state index contributed by atoms with van der Waals surface area (Å²) in [6, 6.07) is 5.98. The first-order valence-corrected chi connectivity index (χ1v) is 8.61. The van der Waals surface area contributed by atoms with Crippen molar-refractivity contribution in [2.75, 3.05) is 14.2 Å². The summed E-state index contributed by atoms with van der Waals surface area (Å²) in [7, 11) is 5.95. The van der Waals surface area contributed by atoms with Gasteiger partial charge < -0.3 is 14.5 Å².